The predicted molar refractivity (Wildman–Crippen MR) is 91.9 cm³/mol. The van der Waals surface area contributed by atoms with Gasteiger partial charge in [-0.3, -0.25) is 4.79 Å². The Morgan fingerprint density at radius 1 is 1.30 bits per heavy atom. The fraction of sp³-hybridized carbons (Fsp3) is 0.375. The molecule has 0 spiro atoms. The molecule has 23 heavy (non-hydrogen) atoms. The molecule has 0 bridgehead atoms. The molecule has 1 heterocycles. The van der Waals surface area contributed by atoms with Gasteiger partial charge in [0.1, 0.15) is 5.69 Å². The second kappa shape index (κ2) is 7.82. The number of aromatic nitrogens is 1. The van der Waals surface area contributed by atoms with Crippen LogP contribution in [0, 0.1) is 0 Å². The first kappa shape index (κ1) is 17.1. The number of nitrogens with one attached hydrogen (secondary N) is 1. The highest BCUT2D eigenvalue weighted by molar-refractivity contribution is 7.13. The Labute approximate surface area is 140 Å². The van der Waals surface area contributed by atoms with E-state index in [9.17, 15) is 4.79 Å². The average Bonchev–Trinajstić information content (AvgIpc) is 3.07. The van der Waals surface area contributed by atoms with Gasteiger partial charge < -0.3 is 19.7 Å². The molecule has 0 aliphatic heterocycles. The number of nitrogens with zero attached hydrogens (tertiary/aromatic N) is 2. The van der Waals surface area contributed by atoms with E-state index in [1.165, 1.54) is 11.3 Å². The number of methoxy groups -OCH3 is 2. The van der Waals surface area contributed by atoms with Crippen LogP contribution in [-0.4, -0.2) is 50.7 Å². The van der Waals surface area contributed by atoms with Crippen molar-refractivity contribution in [3.05, 3.63) is 34.8 Å². The minimum Gasteiger partial charge on any atom is -0.493 e. The molecule has 6 nitrogen and oxygen atoms in total. The molecule has 1 aromatic heterocycles. The number of rotatable bonds is 7. The van der Waals surface area contributed by atoms with Crippen LogP contribution in [0.15, 0.2) is 23.6 Å². The lowest BCUT2D eigenvalue weighted by Gasteiger charge is -2.16. The number of hydrogen-bond acceptors (Lipinski definition) is 6. The summed E-state index contributed by atoms with van der Waals surface area (Å²) < 4.78 is 10.5. The number of benzene rings is 1. The number of likely N-dealkylation sites (N-methyl/N-ethyl adjacent to an activating group) is 1. The third kappa shape index (κ3) is 4.13. The fourth-order valence-electron chi connectivity index (χ4n) is 2.12. The molecule has 1 N–H and O–H groups in total. The van der Waals surface area contributed by atoms with Gasteiger partial charge in [0, 0.05) is 26.0 Å². The molecule has 2 rings (SSSR count). The van der Waals surface area contributed by atoms with Crippen molar-refractivity contribution >= 4 is 22.4 Å². The van der Waals surface area contributed by atoms with Gasteiger partial charge in [-0.15, -0.1) is 11.3 Å². The maximum Gasteiger partial charge on any atom is 0.273 e. The van der Waals surface area contributed by atoms with Crippen LogP contribution in [0.2, 0.25) is 0 Å². The Balaban J connectivity index is 1.98. The Hall–Kier alpha value is -2.28. The zero-order valence-electron chi connectivity index (χ0n) is 13.8. The topological polar surface area (TPSA) is 63.7 Å². The van der Waals surface area contributed by atoms with E-state index in [2.05, 4.69) is 10.3 Å². The SMILES string of the molecule is CNc1nc(C(=O)N(C)CCc2ccc(OC)c(OC)c2)cs1. The molecule has 0 fully saturated rings. The largest absolute Gasteiger partial charge is 0.493 e. The summed E-state index contributed by atoms with van der Waals surface area (Å²) in [5, 5.41) is 5.44. The highest BCUT2D eigenvalue weighted by atomic mass is 32.1. The highest BCUT2D eigenvalue weighted by Crippen LogP contribution is 2.27. The quantitative estimate of drug-likeness (QED) is 0.842. The van der Waals surface area contributed by atoms with Crippen LogP contribution in [0.3, 0.4) is 0 Å². The van der Waals surface area contributed by atoms with Crippen molar-refractivity contribution in [2.24, 2.45) is 0 Å². The first-order valence-electron chi connectivity index (χ1n) is 7.18. The summed E-state index contributed by atoms with van der Waals surface area (Å²) in [7, 11) is 6.78. The predicted octanol–water partition coefficient (Wildman–Crippen LogP) is 2.52. The van der Waals surface area contributed by atoms with Crippen molar-refractivity contribution in [2.75, 3.05) is 40.2 Å². The van der Waals surface area contributed by atoms with Crippen molar-refractivity contribution < 1.29 is 14.3 Å². The molecule has 1 amide bonds. The first-order valence-corrected chi connectivity index (χ1v) is 8.06. The third-order valence-electron chi connectivity index (χ3n) is 3.47. The minimum absolute atomic E-state index is 0.0803. The van der Waals surface area contributed by atoms with Crippen molar-refractivity contribution in [1.29, 1.82) is 0 Å². The van der Waals surface area contributed by atoms with Crippen LogP contribution in [0.1, 0.15) is 16.1 Å². The molecular weight excluding hydrogens is 314 g/mol. The minimum atomic E-state index is -0.0803. The summed E-state index contributed by atoms with van der Waals surface area (Å²) in [6.07, 6.45) is 0.728. The normalized spacial score (nSPS) is 10.3. The smallest absolute Gasteiger partial charge is 0.273 e. The first-order chi connectivity index (χ1) is 11.1. The number of anilines is 1. The number of hydrogen-bond donors (Lipinski definition) is 1. The van der Waals surface area contributed by atoms with Gasteiger partial charge in [-0.1, -0.05) is 6.07 Å². The molecule has 1 aromatic carbocycles. The fourth-order valence-corrected chi connectivity index (χ4v) is 2.76. The van der Waals surface area contributed by atoms with Crippen molar-refractivity contribution in [2.45, 2.75) is 6.42 Å². The number of amides is 1. The average molecular weight is 335 g/mol. The van der Waals surface area contributed by atoms with Gasteiger partial charge in [-0.2, -0.15) is 0 Å². The van der Waals surface area contributed by atoms with E-state index in [0.717, 1.165) is 17.1 Å². The molecule has 2 aromatic rings. The summed E-state index contributed by atoms with van der Waals surface area (Å²) in [6.45, 7) is 0.598. The Morgan fingerprint density at radius 3 is 2.65 bits per heavy atom. The van der Waals surface area contributed by atoms with Gasteiger partial charge in [0.15, 0.2) is 16.6 Å². The maximum absolute atomic E-state index is 12.3. The molecule has 0 aliphatic carbocycles. The second-order valence-electron chi connectivity index (χ2n) is 4.95. The Kier molecular flexibility index (Phi) is 5.81. The van der Waals surface area contributed by atoms with Gasteiger partial charge in [-0.25, -0.2) is 4.98 Å². The van der Waals surface area contributed by atoms with Gasteiger partial charge in [0.2, 0.25) is 0 Å². The lowest BCUT2D eigenvalue weighted by Crippen LogP contribution is -2.29. The molecular formula is C16H21N3O3S. The lowest BCUT2D eigenvalue weighted by molar-refractivity contribution is 0.0792. The molecule has 124 valence electrons. The van der Waals surface area contributed by atoms with E-state index < -0.39 is 0 Å². The Bertz CT molecular complexity index is 672. The van der Waals surface area contributed by atoms with Crippen LogP contribution in [0.5, 0.6) is 11.5 Å². The van der Waals surface area contributed by atoms with Crippen molar-refractivity contribution in [1.82, 2.24) is 9.88 Å². The summed E-state index contributed by atoms with van der Waals surface area (Å²) in [6, 6.07) is 5.77. The Morgan fingerprint density at radius 2 is 2.04 bits per heavy atom. The van der Waals surface area contributed by atoms with Crippen molar-refractivity contribution in [3.8, 4) is 11.5 Å². The third-order valence-corrected chi connectivity index (χ3v) is 4.33. The van der Waals surface area contributed by atoms with E-state index >= 15 is 0 Å². The maximum atomic E-state index is 12.3. The van der Waals surface area contributed by atoms with Crippen LogP contribution in [0.25, 0.3) is 0 Å². The summed E-state index contributed by atoms with van der Waals surface area (Å²) in [5.41, 5.74) is 1.55. The summed E-state index contributed by atoms with van der Waals surface area (Å²) >= 11 is 1.42. The summed E-state index contributed by atoms with van der Waals surface area (Å²) in [4.78, 5) is 18.2. The number of carbonyl (C=O) groups is 1. The molecule has 0 saturated carbocycles. The standard InChI is InChI=1S/C16H21N3O3S/c1-17-16-18-12(10-23-16)15(20)19(2)8-7-11-5-6-13(21-3)14(9-11)22-4/h5-6,9-10H,7-8H2,1-4H3,(H,17,18). The molecule has 0 saturated heterocycles. The van der Waals surface area contributed by atoms with Crippen LogP contribution in [0.4, 0.5) is 5.13 Å². The molecule has 0 unspecified atom stereocenters. The van der Waals surface area contributed by atoms with Gasteiger partial charge in [0.25, 0.3) is 5.91 Å². The van der Waals surface area contributed by atoms with Gasteiger partial charge >= 0.3 is 0 Å². The highest BCUT2D eigenvalue weighted by Gasteiger charge is 2.15. The zero-order chi connectivity index (χ0) is 16.8. The number of thiazole rings is 1. The lowest BCUT2D eigenvalue weighted by atomic mass is 10.1. The van der Waals surface area contributed by atoms with Crippen LogP contribution < -0.4 is 14.8 Å². The van der Waals surface area contributed by atoms with Gasteiger partial charge in [0.05, 0.1) is 14.2 Å². The van der Waals surface area contributed by atoms with Gasteiger partial charge in [-0.05, 0) is 24.1 Å². The molecule has 7 heteroatoms. The zero-order valence-corrected chi connectivity index (χ0v) is 14.6. The van der Waals surface area contributed by atoms with E-state index in [0.29, 0.717) is 23.7 Å². The molecule has 0 radical (unpaired) electrons. The number of carbonyl (C=O) groups excluding carboxylic acids is 1. The van der Waals surface area contributed by atoms with Crippen LogP contribution >= 0.6 is 11.3 Å². The summed E-state index contributed by atoms with van der Waals surface area (Å²) in [5.74, 6) is 1.31. The molecule has 0 atom stereocenters. The van der Waals surface area contributed by atoms with E-state index in [4.69, 9.17) is 9.47 Å². The number of ether oxygens (including phenoxy) is 2. The monoisotopic (exact) mass is 335 g/mol. The van der Waals surface area contributed by atoms with E-state index in [1.807, 2.05) is 18.2 Å². The van der Waals surface area contributed by atoms with Crippen molar-refractivity contribution in [3.63, 3.8) is 0 Å². The van der Waals surface area contributed by atoms with Crippen LogP contribution in [-0.2, 0) is 6.42 Å². The van der Waals surface area contributed by atoms with E-state index in [1.54, 1.807) is 38.6 Å². The molecule has 0 aliphatic rings. The van der Waals surface area contributed by atoms with E-state index in [-0.39, 0.29) is 5.91 Å². The second-order valence-corrected chi connectivity index (χ2v) is 5.81.